The second-order valence-corrected chi connectivity index (χ2v) is 7.70. The van der Waals surface area contributed by atoms with Crippen molar-refractivity contribution in [2.75, 3.05) is 6.54 Å². The third-order valence-electron chi connectivity index (χ3n) is 5.10. The van der Waals surface area contributed by atoms with Gasteiger partial charge in [-0.15, -0.1) is 0 Å². The number of aromatic amines is 2. The largest absolute Gasteiger partial charge is 0.351 e. The van der Waals surface area contributed by atoms with Crippen LogP contribution in [0.5, 0.6) is 0 Å². The molecule has 0 aliphatic rings. The fourth-order valence-electron chi connectivity index (χ4n) is 3.28. The summed E-state index contributed by atoms with van der Waals surface area (Å²) < 4.78 is 0. The van der Waals surface area contributed by atoms with Gasteiger partial charge in [0.15, 0.2) is 0 Å². The minimum atomic E-state index is -0.436. The molecule has 0 unspecified atom stereocenters. The summed E-state index contributed by atoms with van der Waals surface area (Å²) in [6, 6.07) is 14.5. The molecule has 1 amide bonds. The monoisotopic (exact) mass is 420 g/mol. The van der Waals surface area contributed by atoms with Gasteiger partial charge in [-0.05, 0) is 66.9 Å². The lowest BCUT2D eigenvalue weighted by Gasteiger charge is -2.06. The number of pyridine rings is 1. The molecular weight excluding hydrogens is 400 g/mol. The number of benzene rings is 2. The normalized spacial score (nSPS) is 11.0. The molecule has 6 nitrogen and oxygen atoms in total. The lowest BCUT2D eigenvalue weighted by atomic mass is 10.1. The van der Waals surface area contributed by atoms with Crippen molar-refractivity contribution in [1.29, 1.82) is 0 Å². The standard InChI is InChI=1S/C23H21ClN4O2/c1-13-11-19-20(12-14(13)2)27-21(26-19)9-10-25-22(29)17-7-8-18(28-23(17)30)15-3-5-16(24)6-4-15/h3-8,11-12H,9-10H2,1-2H3,(H,25,29)(H,26,27)(H,28,30). The predicted molar refractivity (Wildman–Crippen MR) is 119 cm³/mol. The van der Waals surface area contributed by atoms with E-state index >= 15 is 0 Å². The number of aromatic nitrogens is 3. The third kappa shape index (κ3) is 4.14. The Bertz CT molecular complexity index is 1250. The second-order valence-electron chi connectivity index (χ2n) is 7.26. The number of H-pyrrole nitrogens is 2. The Morgan fingerprint density at radius 1 is 1.03 bits per heavy atom. The minimum absolute atomic E-state index is 0.0727. The molecule has 0 saturated heterocycles. The van der Waals surface area contributed by atoms with Crippen LogP contribution in [0.3, 0.4) is 0 Å². The maximum atomic E-state index is 12.4. The number of halogens is 1. The van der Waals surface area contributed by atoms with Gasteiger partial charge in [0.1, 0.15) is 11.4 Å². The van der Waals surface area contributed by atoms with Crippen molar-refractivity contribution < 1.29 is 4.79 Å². The van der Waals surface area contributed by atoms with Crippen LogP contribution in [0.15, 0.2) is 53.3 Å². The van der Waals surface area contributed by atoms with Crippen LogP contribution in [-0.4, -0.2) is 27.4 Å². The molecule has 3 N–H and O–H groups in total. The molecule has 30 heavy (non-hydrogen) atoms. The highest BCUT2D eigenvalue weighted by Gasteiger charge is 2.12. The van der Waals surface area contributed by atoms with Crippen LogP contribution in [0.4, 0.5) is 0 Å². The highest BCUT2D eigenvalue weighted by molar-refractivity contribution is 6.30. The van der Waals surface area contributed by atoms with Gasteiger partial charge < -0.3 is 15.3 Å². The van der Waals surface area contributed by atoms with E-state index in [1.54, 1.807) is 18.2 Å². The van der Waals surface area contributed by atoms with Gasteiger partial charge >= 0.3 is 0 Å². The van der Waals surface area contributed by atoms with Crippen molar-refractivity contribution in [3.8, 4) is 11.3 Å². The number of imidazole rings is 1. The van der Waals surface area contributed by atoms with Crippen molar-refractivity contribution in [1.82, 2.24) is 20.3 Å². The Balaban J connectivity index is 1.41. The molecule has 0 bridgehead atoms. The van der Waals surface area contributed by atoms with Crippen molar-refractivity contribution >= 4 is 28.5 Å². The number of fused-ring (bicyclic) bond motifs is 1. The van der Waals surface area contributed by atoms with Crippen LogP contribution in [0.1, 0.15) is 27.3 Å². The Morgan fingerprint density at radius 2 is 1.77 bits per heavy atom. The number of nitrogens with one attached hydrogen (secondary N) is 3. The van der Waals surface area contributed by atoms with Crippen LogP contribution >= 0.6 is 11.6 Å². The van der Waals surface area contributed by atoms with Gasteiger partial charge in [0.25, 0.3) is 11.5 Å². The van der Waals surface area contributed by atoms with E-state index in [1.165, 1.54) is 17.2 Å². The zero-order valence-corrected chi connectivity index (χ0v) is 17.4. The molecule has 4 aromatic rings. The average molecular weight is 421 g/mol. The van der Waals surface area contributed by atoms with Gasteiger partial charge in [0.05, 0.1) is 11.0 Å². The summed E-state index contributed by atoms with van der Waals surface area (Å²) in [6.45, 7) is 4.49. The highest BCUT2D eigenvalue weighted by atomic mass is 35.5. The highest BCUT2D eigenvalue weighted by Crippen LogP contribution is 2.19. The Hall–Kier alpha value is -3.38. The summed E-state index contributed by atoms with van der Waals surface area (Å²) in [5, 5.41) is 3.40. The molecule has 0 fully saturated rings. The summed E-state index contributed by atoms with van der Waals surface area (Å²) in [5.74, 6) is 0.379. The number of nitrogens with zero attached hydrogens (tertiary/aromatic N) is 1. The van der Waals surface area contributed by atoms with Crippen molar-refractivity contribution in [2.45, 2.75) is 20.3 Å². The van der Waals surface area contributed by atoms with Gasteiger partial charge in [-0.2, -0.15) is 0 Å². The fourth-order valence-corrected chi connectivity index (χ4v) is 3.41. The summed E-state index contributed by atoms with van der Waals surface area (Å²) in [7, 11) is 0. The van der Waals surface area contributed by atoms with Crippen molar-refractivity contribution in [3.05, 3.63) is 86.4 Å². The van der Waals surface area contributed by atoms with E-state index in [0.29, 0.717) is 23.7 Å². The van der Waals surface area contributed by atoms with E-state index < -0.39 is 11.5 Å². The van der Waals surface area contributed by atoms with Crippen LogP contribution in [0.25, 0.3) is 22.3 Å². The molecule has 2 heterocycles. The maximum absolute atomic E-state index is 12.4. The van der Waals surface area contributed by atoms with E-state index in [2.05, 4.69) is 40.2 Å². The molecular formula is C23H21ClN4O2. The quantitative estimate of drug-likeness (QED) is 0.452. The van der Waals surface area contributed by atoms with Crippen LogP contribution in [0.2, 0.25) is 5.02 Å². The Kier molecular flexibility index (Phi) is 5.42. The zero-order valence-electron chi connectivity index (χ0n) is 16.7. The SMILES string of the molecule is Cc1cc2nc(CCNC(=O)c3ccc(-c4ccc(Cl)cc4)[nH]c3=O)[nH]c2cc1C. The first-order chi connectivity index (χ1) is 14.4. The van der Waals surface area contributed by atoms with E-state index in [4.69, 9.17) is 11.6 Å². The summed E-state index contributed by atoms with van der Waals surface area (Å²) in [5.41, 5.74) is 5.36. The van der Waals surface area contributed by atoms with Gasteiger partial charge in [-0.1, -0.05) is 23.7 Å². The molecule has 0 atom stereocenters. The smallest absolute Gasteiger partial charge is 0.261 e. The number of amides is 1. The predicted octanol–water partition coefficient (Wildman–Crippen LogP) is 4.16. The number of carbonyl (C=O) groups excluding carboxylic acids is 1. The lowest BCUT2D eigenvalue weighted by Crippen LogP contribution is -2.31. The molecule has 2 aromatic heterocycles. The van der Waals surface area contributed by atoms with Crippen LogP contribution in [0, 0.1) is 13.8 Å². The number of hydrogen-bond acceptors (Lipinski definition) is 3. The molecule has 0 saturated carbocycles. The van der Waals surface area contributed by atoms with E-state index in [9.17, 15) is 9.59 Å². The molecule has 4 rings (SSSR count). The first-order valence-corrected chi connectivity index (χ1v) is 10.0. The maximum Gasteiger partial charge on any atom is 0.261 e. The molecule has 0 spiro atoms. The van der Waals surface area contributed by atoms with Crippen LogP contribution in [-0.2, 0) is 6.42 Å². The molecule has 7 heteroatoms. The molecule has 0 aliphatic carbocycles. The number of aryl methyl sites for hydroxylation is 2. The molecule has 152 valence electrons. The first kappa shape index (κ1) is 19.9. The molecule has 0 radical (unpaired) electrons. The number of carbonyl (C=O) groups is 1. The number of rotatable bonds is 5. The fraction of sp³-hybridized carbons (Fsp3) is 0.174. The lowest BCUT2D eigenvalue weighted by molar-refractivity contribution is 0.0952. The van der Waals surface area contributed by atoms with Gasteiger partial charge in [0, 0.05) is 23.7 Å². The topological polar surface area (TPSA) is 90.6 Å². The second kappa shape index (κ2) is 8.16. The van der Waals surface area contributed by atoms with Gasteiger partial charge in [-0.3, -0.25) is 9.59 Å². The molecule has 2 aromatic carbocycles. The van der Waals surface area contributed by atoms with Crippen molar-refractivity contribution in [3.63, 3.8) is 0 Å². The van der Waals surface area contributed by atoms with Gasteiger partial charge in [-0.25, -0.2) is 4.98 Å². The third-order valence-corrected chi connectivity index (χ3v) is 5.36. The minimum Gasteiger partial charge on any atom is -0.351 e. The van der Waals surface area contributed by atoms with E-state index in [0.717, 1.165) is 22.4 Å². The molecule has 0 aliphatic heterocycles. The summed E-state index contributed by atoms with van der Waals surface area (Å²) in [4.78, 5) is 35.4. The summed E-state index contributed by atoms with van der Waals surface area (Å²) in [6.07, 6.45) is 0.541. The average Bonchev–Trinajstić information content (AvgIpc) is 3.10. The first-order valence-electron chi connectivity index (χ1n) is 9.64. The van der Waals surface area contributed by atoms with Crippen LogP contribution < -0.4 is 10.9 Å². The van der Waals surface area contributed by atoms with Crippen molar-refractivity contribution in [2.24, 2.45) is 0 Å². The zero-order chi connectivity index (χ0) is 21.3. The number of hydrogen-bond donors (Lipinski definition) is 3. The summed E-state index contributed by atoms with van der Waals surface area (Å²) >= 11 is 5.90. The van der Waals surface area contributed by atoms with Gasteiger partial charge in [0.2, 0.25) is 0 Å². The Morgan fingerprint density at radius 3 is 2.50 bits per heavy atom. The van der Waals surface area contributed by atoms with E-state index in [1.807, 2.05) is 18.2 Å². The Labute approximate surface area is 178 Å². The van der Waals surface area contributed by atoms with E-state index in [-0.39, 0.29) is 5.56 Å².